The molecule has 95 heavy (non-hydrogen) atoms. The van der Waals surface area contributed by atoms with E-state index in [1.165, 1.54) is 12.4 Å². The summed E-state index contributed by atoms with van der Waals surface area (Å²) < 4.78 is 0. The molecule has 21 unspecified atom stereocenters. The molecule has 10 amide bonds. The largest absolute Gasteiger partial charge is 0.394 e. The van der Waals surface area contributed by atoms with E-state index in [-0.39, 0.29) is 51.6 Å². The second kappa shape index (κ2) is 42.5. The number of carbonyl (C=O) groups excluding carboxylic acids is 10. The predicted molar refractivity (Wildman–Crippen MR) is 315 cm³/mol. The Morgan fingerprint density at radius 1 is 0.411 bits per heavy atom. The molecule has 1 aliphatic heterocycles. The van der Waals surface area contributed by atoms with Crippen LogP contribution in [0.25, 0.3) is 0 Å². The standard InChI is InChI=1S/C55H90N10O30/c56-50(90)25(8-3-4-15-58-31(76)9-2-1-5-18-65-33(78)11-12-34(65)79)59-51(91)36(46(86)41(81)27(72)20-67)61-53(93)38(48(88)43(83)29(74)22-69)63-55(95)39(49(89)44(84)30(75)23-70)64-54(94)37(47(87)42(82)28(73)21-68)62-52(92)35(45(85)40(80)26(71)19-66)60-32(77)10-6-7-24-13-16-57-17-14-24/h11-14,16-17,25-30,35-49,66-75,80-89H,1-10,15,18-23H2,(H2,56,90)(H,58,76)(H,59,91)(H,60,77)(H,61,93)(H,62,92)(H,63,95)(H,64,94). The van der Waals surface area contributed by atoms with Crippen LogP contribution in [0.2, 0.25) is 0 Å². The predicted octanol–water partition coefficient (Wildman–Crippen LogP) is -16.1. The van der Waals surface area contributed by atoms with Crippen molar-refractivity contribution in [2.24, 2.45) is 5.73 Å². The maximum atomic E-state index is 14.5. The maximum absolute atomic E-state index is 14.5. The van der Waals surface area contributed by atoms with Crippen molar-refractivity contribution in [1.82, 2.24) is 47.1 Å². The van der Waals surface area contributed by atoms with Gasteiger partial charge in [0.05, 0.1) is 33.0 Å². The van der Waals surface area contributed by atoms with Gasteiger partial charge in [-0.3, -0.25) is 57.8 Å². The summed E-state index contributed by atoms with van der Waals surface area (Å²) in [7, 11) is 0. The van der Waals surface area contributed by atoms with E-state index >= 15 is 0 Å². The summed E-state index contributed by atoms with van der Waals surface area (Å²) in [6, 6.07) is -12.9. The van der Waals surface area contributed by atoms with Crippen LogP contribution < -0.4 is 43.0 Å². The molecular weight excluding hydrogens is 1280 g/mol. The van der Waals surface area contributed by atoms with Gasteiger partial charge in [0.2, 0.25) is 47.3 Å². The van der Waals surface area contributed by atoms with E-state index in [9.17, 15) is 150 Å². The van der Waals surface area contributed by atoms with Gasteiger partial charge in [0.1, 0.15) is 128 Å². The van der Waals surface area contributed by atoms with Crippen LogP contribution in [0.1, 0.15) is 63.4 Å². The molecule has 1 aromatic rings. The fourth-order valence-electron chi connectivity index (χ4n) is 9.13. The molecule has 29 N–H and O–H groups in total. The number of imide groups is 1. The van der Waals surface area contributed by atoms with Crippen molar-refractivity contribution < 1.29 is 150 Å². The van der Waals surface area contributed by atoms with Crippen LogP contribution in [-0.2, 0) is 54.4 Å². The third kappa shape index (κ3) is 26.5. The van der Waals surface area contributed by atoms with Gasteiger partial charge in [-0.05, 0) is 62.6 Å². The van der Waals surface area contributed by atoms with Crippen molar-refractivity contribution in [2.75, 3.05) is 46.1 Å². The highest BCUT2D eigenvalue weighted by molar-refractivity contribution is 6.12. The van der Waals surface area contributed by atoms with Crippen molar-refractivity contribution in [3.05, 3.63) is 42.2 Å². The Morgan fingerprint density at radius 2 is 0.747 bits per heavy atom. The van der Waals surface area contributed by atoms with Crippen LogP contribution in [0.4, 0.5) is 0 Å². The molecule has 40 nitrogen and oxygen atoms in total. The number of pyridine rings is 1. The Labute approximate surface area is 541 Å². The summed E-state index contributed by atoms with van der Waals surface area (Å²) in [6.45, 7) is -6.83. The van der Waals surface area contributed by atoms with E-state index in [2.05, 4.69) is 10.3 Å². The van der Waals surface area contributed by atoms with Crippen LogP contribution in [0.15, 0.2) is 36.7 Å². The summed E-state index contributed by atoms with van der Waals surface area (Å²) in [5.41, 5.74) is 6.20. The quantitative estimate of drug-likeness (QED) is 0.0213. The lowest BCUT2D eigenvalue weighted by Crippen LogP contribution is -2.69. The fourth-order valence-corrected chi connectivity index (χ4v) is 9.13. The molecular formula is C55H90N10O30. The number of primary amides is 1. The number of unbranched alkanes of at least 4 members (excludes halogenated alkanes) is 3. The molecule has 0 spiro atoms. The third-order valence-electron chi connectivity index (χ3n) is 15.0. The Kier molecular flexibility index (Phi) is 37.6. The fraction of sp³-hybridized carbons (Fsp3) is 0.691. The minimum absolute atomic E-state index is 0.00169. The molecule has 540 valence electrons. The van der Waals surface area contributed by atoms with Gasteiger partial charge in [-0.2, -0.15) is 0 Å². The number of hydrogen-bond donors (Lipinski definition) is 28. The number of aryl methyl sites for hydroxylation is 1. The number of nitrogens with one attached hydrogen (secondary N) is 7. The number of nitrogens with two attached hydrogens (primary N) is 1. The van der Waals surface area contributed by atoms with Crippen molar-refractivity contribution in [3.8, 4) is 0 Å². The number of carbonyl (C=O) groups is 10. The van der Waals surface area contributed by atoms with Gasteiger partial charge in [-0.25, -0.2) is 0 Å². The highest BCUT2D eigenvalue weighted by Crippen LogP contribution is 2.17. The molecule has 1 aromatic heterocycles. The zero-order valence-electron chi connectivity index (χ0n) is 51.1. The number of rotatable bonds is 47. The second-order valence-electron chi connectivity index (χ2n) is 22.1. The molecule has 0 aromatic carbocycles. The van der Waals surface area contributed by atoms with Gasteiger partial charge < -0.3 is 145 Å². The van der Waals surface area contributed by atoms with E-state index in [1.807, 2.05) is 10.6 Å². The Morgan fingerprint density at radius 3 is 1.09 bits per heavy atom. The highest BCUT2D eigenvalue weighted by Gasteiger charge is 2.47. The van der Waals surface area contributed by atoms with E-state index in [1.54, 1.807) is 33.4 Å². The number of aromatic nitrogens is 1. The average molecular weight is 1370 g/mol. The molecule has 1 aliphatic rings. The summed E-state index contributed by atoms with van der Waals surface area (Å²) in [5.74, 6) is -13.6. The minimum Gasteiger partial charge on any atom is -0.394 e. The zero-order valence-corrected chi connectivity index (χ0v) is 51.1. The monoisotopic (exact) mass is 1370 g/mol. The first kappa shape index (κ1) is 84.1. The Bertz CT molecular complexity index is 2620. The van der Waals surface area contributed by atoms with E-state index in [0.717, 1.165) is 17.1 Å². The van der Waals surface area contributed by atoms with Gasteiger partial charge in [-0.1, -0.05) is 6.42 Å². The number of amides is 10. The molecule has 2 heterocycles. The van der Waals surface area contributed by atoms with E-state index < -0.39 is 226 Å². The second-order valence-corrected chi connectivity index (χ2v) is 22.1. The van der Waals surface area contributed by atoms with Crippen molar-refractivity contribution >= 4 is 59.1 Å². The molecule has 0 radical (unpaired) electrons. The summed E-state index contributed by atoms with van der Waals surface area (Å²) in [4.78, 5) is 138. The maximum Gasteiger partial charge on any atom is 0.253 e. The smallest absolute Gasteiger partial charge is 0.253 e. The number of aliphatic hydroxyl groups is 20. The third-order valence-corrected chi connectivity index (χ3v) is 15.0. The summed E-state index contributed by atoms with van der Waals surface area (Å²) in [6.07, 6.45) is -34.2. The zero-order chi connectivity index (χ0) is 72.0. The van der Waals surface area contributed by atoms with Crippen LogP contribution in [-0.4, -0.2) is 345 Å². The molecule has 21 atom stereocenters. The molecule has 0 bridgehead atoms. The SMILES string of the molecule is NC(=O)C(CCCCNC(=O)CCCCCN1C(=O)C=CC1=O)NC(=O)C(NC(=O)C(NC(=O)C(NC(=O)C(NC(=O)C(NC(=O)CCCc1ccncc1)C(O)C(O)C(O)CO)C(O)C(O)C(O)CO)C(O)C(O)C(O)CO)C(O)C(O)C(O)CO)C(O)C(O)C(O)CO. The normalized spacial score (nSPS) is 19.1. The lowest BCUT2D eigenvalue weighted by molar-refractivity contribution is -0.150. The van der Waals surface area contributed by atoms with Gasteiger partial charge >= 0.3 is 0 Å². The molecule has 0 saturated heterocycles. The highest BCUT2D eigenvalue weighted by atomic mass is 16.4. The number of hydrogen-bond acceptors (Lipinski definition) is 31. The summed E-state index contributed by atoms with van der Waals surface area (Å²) >= 11 is 0. The molecule has 2 rings (SSSR count). The van der Waals surface area contributed by atoms with Crippen molar-refractivity contribution in [2.45, 2.75) is 192 Å². The first-order chi connectivity index (χ1) is 44.7. The van der Waals surface area contributed by atoms with E-state index in [0.29, 0.717) is 24.8 Å². The first-order valence-electron chi connectivity index (χ1n) is 29.8. The average Bonchev–Trinajstić information content (AvgIpc) is 1.42. The van der Waals surface area contributed by atoms with Gasteiger partial charge in [0.25, 0.3) is 11.8 Å². The number of aliphatic hydroxyl groups excluding tert-OH is 20. The molecule has 40 heteroatoms. The Balaban J connectivity index is 2.63. The lowest BCUT2D eigenvalue weighted by atomic mass is 9.95. The van der Waals surface area contributed by atoms with Crippen molar-refractivity contribution in [3.63, 3.8) is 0 Å². The first-order valence-corrected chi connectivity index (χ1v) is 29.8. The topological polar surface area (TPSA) is 702 Å². The molecule has 0 fully saturated rings. The van der Waals surface area contributed by atoms with E-state index in [4.69, 9.17) is 5.73 Å². The summed E-state index contributed by atoms with van der Waals surface area (Å²) in [5, 5.41) is 223. The minimum atomic E-state index is -3.08. The van der Waals surface area contributed by atoms with Gasteiger partial charge in [0, 0.05) is 50.5 Å². The van der Waals surface area contributed by atoms with Crippen LogP contribution in [0.3, 0.4) is 0 Å². The van der Waals surface area contributed by atoms with Gasteiger partial charge in [-0.15, -0.1) is 0 Å². The van der Waals surface area contributed by atoms with Crippen LogP contribution >= 0.6 is 0 Å². The Hall–Kier alpha value is -7.01. The van der Waals surface area contributed by atoms with Crippen LogP contribution in [0.5, 0.6) is 0 Å². The van der Waals surface area contributed by atoms with Crippen LogP contribution in [0, 0.1) is 0 Å². The number of nitrogens with zero attached hydrogens (tertiary/aromatic N) is 2. The molecule has 0 saturated carbocycles. The van der Waals surface area contributed by atoms with Crippen molar-refractivity contribution in [1.29, 1.82) is 0 Å². The molecule has 0 aliphatic carbocycles. The lowest BCUT2D eigenvalue weighted by Gasteiger charge is -2.36. The van der Waals surface area contributed by atoms with Gasteiger partial charge in [0.15, 0.2) is 0 Å².